The standard InChI is InChI=1S/C12H17N3O5/c1-3-14(4-2)7-8-20-11-10(15(18)19)6-5-9(13-11)12(16)17/h5-6H,3-4,7-8H2,1-2H3,(H,16,17). The van der Waals surface area contributed by atoms with Gasteiger partial charge >= 0.3 is 11.7 Å². The Morgan fingerprint density at radius 1 is 1.45 bits per heavy atom. The lowest BCUT2D eigenvalue weighted by Crippen LogP contribution is -2.28. The third-order valence-corrected chi connectivity index (χ3v) is 2.80. The molecule has 0 amide bonds. The summed E-state index contributed by atoms with van der Waals surface area (Å²) in [6.07, 6.45) is 0. The van der Waals surface area contributed by atoms with Gasteiger partial charge in [0.05, 0.1) is 4.92 Å². The molecule has 0 spiro atoms. The molecule has 0 radical (unpaired) electrons. The lowest BCUT2D eigenvalue weighted by molar-refractivity contribution is -0.386. The summed E-state index contributed by atoms with van der Waals surface area (Å²) in [6.45, 7) is 6.46. The Morgan fingerprint density at radius 3 is 2.60 bits per heavy atom. The Labute approximate surface area is 116 Å². The monoisotopic (exact) mass is 283 g/mol. The van der Waals surface area contributed by atoms with Crippen molar-refractivity contribution in [3.05, 3.63) is 27.9 Å². The predicted octanol–water partition coefficient (Wildman–Crippen LogP) is 1.41. The van der Waals surface area contributed by atoms with Crippen LogP contribution >= 0.6 is 0 Å². The van der Waals surface area contributed by atoms with E-state index in [9.17, 15) is 14.9 Å². The first-order valence-electron chi connectivity index (χ1n) is 6.23. The Balaban J connectivity index is 2.82. The second-order valence-corrected chi connectivity index (χ2v) is 3.96. The molecule has 1 aromatic heterocycles. The van der Waals surface area contributed by atoms with Crippen LogP contribution in [0.1, 0.15) is 24.3 Å². The largest absolute Gasteiger partial charge is 0.477 e. The highest BCUT2D eigenvalue weighted by molar-refractivity contribution is 5.85. The van der Waals surface area contributed by atoms with Gasteiger partial charge in [-0.05, 0) is 19.2 Å². The minimum absolute atomic E-state index is 0.207. The van der Waals surface area contributed by atoms with Crippen LogP contribution in [0.3, 0.4) is 0 Å². The molecule has 0 fully saturated rings. The number of hydrogen-bond acceptors (Lipinski definition) is 6. The van der Waals surface area contributed by atoms with E-state index in [1.165, 1.54) is 0 Å². The molecule has 0 atom stereocenters. The van der Waals surface area contributed by atoms with Gasteiger partial charge in [0.1, 0.15) is 6.61 Å². The Kier molecular flexibility index (Phi) is 5.85. The molecule has 0 bridgehead atoms. The minimum Gasteiger partial charge on any atom is -0.477 e. The third-order valence-electron chi connectivity index (χ3n) is 2.80. The lowest BCUT2D eigenvalue weighted by atomic mass is 10.3. The first-order valence-corrected chi connectivity index (χ1v) is 6.23. The van der Waals surface area contributed by atoms with Gasteiger partial charge in [-0.2, -0.15) is 0 Å². The maximum Gasteiger partial charge on any atom is 0.354 e. The second kappa shape index (κ2) is 7.39. The minimum atomic E-state index is -1.26. The van der Waals surface area contributed by atoms with Crippen LogP contribution < -0.4 is 4.74 Å². The number of aromatic nitrogens is 1. The van der Waals surface area contributed by atoms with Crippen molar-refractivity contribution in [1.29, 1.82) is 0 Å². The molecule has 0 unspecified atom stereocenters. The Bertz CT molecular complexity index is 488. The van der Waals surface area contributed by atoms with E-state index in [2.05, 4.69) is 9.88 Å². The quantitative estimate of drug-likeness (QED) is 0.567. The van der Waals surface area contributed by atoms with Gasteiger partial charge in [-0.1, -0.05) is 13.8 Å². The van der Waals surface area contributed by atoms with Crippen LogP contribution in [0, 0.1) is 10.1 Å². The number of pyridine rings is 1. The molecule has 0 saturated heterocycles. The Morgan fingerprint density at radius 2 is 2.10 bits per heavy atom. The highest BCUT2D eigenvalue weighted by atomic mass is 16.6. The zero-order valence-corrected chi connectivity index (χ0v) is 11.4. The Hall–Kier alpha value is -2.22. The van der Waals surface area contributed by atoms with Crippen LogP contribution in [0.5, 0.6) is 5.88 Å². The number of carboxylic acids is 1. The molecule has 1 heterocycles. The van der Waals surface area contributed by atoms with Crippen LogP contribution in [0.25, 0.3) is 0 Å². The summed E-state index contributed by atoms with van der Waals surface area (Å²) in [7, 11) is 0. The van der Waals surface area contributed by atoms with Crippen molar-refractivity contribution < 1.29 is 19.6 Å². The molecule has 8 nitrogen and oxygen atoms in total. The summed E-state index contributed by atoms with van der Waals surface area (Å²) in [6, 6.07) is 2.17. The van der Waals surface area contributed by atoms with Crippen molar-refractivity contribution in [3.8, 4) is 5.88 Å². The average molecular weight is 283 g/mol. The van der Waals surface area contributed by atoms with Gasteiger partial charge in [-0.3, -0.25) is 10.1 Å². The summed E-state index contributed by atoms with van der Waals surface area (Å²) < 4.78 is 5.27. The average Bonchev–Trinajstić information content (AvgIpc) is 2.43. The number of carbonyl (C=O) groups is 1. The first-order chi connectivity index (χ1) is 9.49. The molecule has 110 valence electrons. The predicted molar refractivity (Wildman–Crippen MR) is 71.1 cm³/mol. The normalized spacial score (nSPS) is 10.6. The highest BCUT2D eigenvalue weighted by Gasteiger charge is 2.20. The van der Waals surface area contributed by atoms with Gasteiger partial charge in [-0.25, -0.2) is 9.78 Å². The molecule has 1 N–H and O–H groups in total. The van der Waals surface area contributed by atoms with Crippen molar-refractivity contribution in [2.45, 2.75) is 13.8 Å². The summed E-state index contributed by atoms with van der Waals surface area (Å²) in [5.41, 5.74) is -0.622. The van der Waals surface area contributed by atoms with E-state index in [1.54, 1.807) is 0 Å². The van der Waals surface area contributed by atoms with Gasteiger partial charge in [0, 0.05) is 12.6 Å². The molecule has 1 aromatic rings. The summed E-state index contributed by atoms with van der Waals surface area (Å²) >= 11 is 0. The van der Waals surface area contributed by atoms with Crippen LogP contribution in [-0.4, -0.2) is 52.1 Å². The van der Waals surface area contributed by atoms with Gasteiger partial charge < -0.3 is 14.7 Å². The smallest absolute Gasteiger partial charge is 0.354 e. The summed E-state index contributed by atoms with van der Waals surface area (Å²) in [4.78, 5) is 26.7. The number of likely N-dealkylation sites (N-methyl/N-ethyl adjacent to an activating group) is 1. The molecular weight excluding hydrogens is 266 g/mol. The van der Waals surface area contributed by atoms with E-state index in [0.717, 1.165) is 25.2 Å². The number of ether oxygens (including phenoxy) is 1. The number of carboxylic acid groups (broad SMARTS) is 1. The van der Waals surface area contributed by atoms with Crippen LogP contribution in [-0.2, 0) is 0 Å². The van der Waals surface area contributed by atoms with Crippen molar-refractivity contribution in [1.82, 2.24) is 9.88 Å². The molecule has 8 heteroatoms. The molecule has 0 aliphatic rings. The van der Waals surface area contributed by atoms with E-state index in [-0.39, 0.29) is 23.9 Å². The van der Waals surface area contributed by atoms with Crippen LogP contribution in [0.2, 0.25) is 0 Å². The van der Waals surface area contributed by atoms with Gasteiger partial charge in [-0.15, -0.1) is 0 Å². The number of rotatable bonds is 8. The molecule has 0 aliphatic heterocycles. The lowest BCUT2D eigenvalue weighted by Gasteiger charge is -2.17. The molecule has 1 rings (SSSR count). The van der Waals surface area contributed by atoms with Gasteiger partial charge in [0.25, 0.3) is 5.88 Å². The fourth-order valence-corrected chi connectivity index (χ4v) is 1.61. The zero-order valence-electron chi connectivity index (χ0n) is 11.4. The number of hydrogen-bond donors (Lipinski definition) is 1. The molecule has 20 heavy (non-hydrogen) atoms. The second-order valence-electron chi connectivity index (χ2n) is 3.96. The highest BCUT2D eigenvalue weighted by Crippen LogP contribution is 2.24. The van der Waals surface area contributed by atoms with E-state index < -0.39 is 10.9 Å². The summed E-state index contributed by atoms with van der Waals surface area (Å²) in [5.74, 6) is -1.52. The summed E-state index contributed by atoms with van der Waals surface area (Å²) in [5, 5.41) is 19.7. The first kappa shape index (κ1) is 15.8. The maximum absolute atomic E-state index is 10.8. The van der Waals surface area contributed by atoms with Crippen molar-refractivity contribution in [2.75, 3.05) is 26.2 Å². The number of aromatic carboxylic acids is 1. The maximum atomic E-state index is 10.8. The SMILES string of the molecule is CCN(CC)CCOc1nc(C(=O)O)ccc1[N+](=O)[O-]. The van der Waals surface area contributed by atoms with Gasteiger partial charge in [0.15, 0.2) is 5.69 Å². The third kappa shape index (κ3) is 4.16. The molecule has 0 aliphatic carbocycles. The van der Waals surface area contributed by atoms with Crippen LogP contribution in [0.15, 0.2) is 12.1 Å². The fourth-order valence-electron chi connectivity index (χ4n) is 1.61. The van der Waals surface area contributed by atoms with Crippen LogP contribution in [0.4, 0.5) is 5.69 Å². The molecular formula is C12H17N3O5. The zero-order chi connectivity index (χ0) is 15.1. The fraction of sp³-hybridized carbons (Fsp3) is 0.500. The van der Waals surface area contributed by atoms with Crippen molar-refractivity contribution >= 4 is 11.7 Å². The topological polar surface area (TPSA) is 106 Å². The number of nitrogens with zero attached hydrogens (tertiary/aromatic N) is 3. The van der Waals surface area contributed by atoms with Crippen molar-refractivity contribution in [3.63, 3.8) is 0 Å². The van der Waals surface area contributed by atoms with E-state index >= 15 is 0 Å². The molecule has 0 saturated carbocycles. The van der Waals surface area contributed by atoms with E-state index in [1.807, 2.05) is 13.8 Å². The van der Waals surface area contributed by atoms with Gasteiger partial charge in [0.2, 0.25) is 0 Å². The molecule has 0 aromatic carbocycles. The van der Waals surface area contributed by atoms with E-state index in [4.69, 9.17) is 9.84 Å². The number of nitro groups is 1. The van der Waals surface area contributed by atoms with E-state index in [0.29, 0.717) is 6.54 Å². The van der Waals surface area contributed by atoms with Crippen molar-refractivity contribution in [2.24, 2.45) is 0 Å².